The molecule has 0 aliphatic carbocycles. The van der Waals surface area contributed by atoms with Gasteiger partial charge in [0.2, 0.25) is 0 Å². The van der Waals surface area contributed by atoms with Crippen molar-refractivity contribution < 1.29 is 4.79 Å². The molecule has 1 N–H and O–H groups in total. The average Bonchev–Trinajstić information content (AvgIpc) is 3.24. The molecule has 2 aliphatic heterocycles. The normalized spacial score (nSPS) is 18.5. The van der Waals surface area contributed by atoms with Gasteiger partial charge in [-0.25, -0.2) is 4.98 Å². The van der Waals surface area contributed by atoms with E-state index in [0.717, 1.165) is 52.2 Å². The number of benzene rings is 1. The summed E-state index contributed by atoms with van der Waals surface area (Å²) >= 11 is 7.85. The van der Waals surface area contributed by atoms with E-state index < -0.39 is 0 Å². The number of piperidine rings is 1. The van der Waals surface area contributed by atoms with Gasteiger partial charge in [-0.3, -0.25) is 14.1 Å². The highest BCUT2D eigenvalue weighted by atomic mass is 35.5. The molecule has 1 amide bonds. The van der Waals surface area contributed by atoms with Gasteiger partial charge in [0, 0.05) is 24.2 Å². The van der Waals surface area contributed by atoms with E-state index in [1.54, 1.807) is 0 Å². The fraction of sp³-hybridized carbons (Fsp3) is 0.360. The molecule has 0 bridgehead atoms. The Hall–Kier alpha value is -2.28. The zero-order valence-electron chi connectivity index (χ0n) is 18.0. The van der Waals surface area contributed by atoms with E-state index in [1.807, 2.05) is 42.6 Å². The zero-order chi connectivity index (χ0) is 21.9. The molecular weight excluding hydrogens is 440 g/mol. The first-order valence-corrected chi connectivity index (χ1v) is 12.5. The SMILES string of the molecule is O=C(NCCC1CCCCN1CCc1ccccc1Cl)C1=Cc2cnc3cccc(n23)S1. The molecule has 1 fully saturated rings. The first-order valence-electron chi connectivity index (χ1n) is 11.3. The van der Waals surface area contributed by atoms with Crippen molar-refractivity contribution in [3.8, 4) is 0 Å². The van der Waals surface area contributed by atoms with Crippen LogP contribution in [-0.2, 0) is 11.2 Å². The van der Waals surface area contributed by atoms with Crippen LogP contribution in [0.4, 0.5) is 0 Å². The molecule has 1 unspecified atom stereocenters. The molecule has 0 saturated carbocycles. The van der Waals surface area contributed by atoms with Gasteiger partial charge in [0.1, 0.15) is 5.65 Å². The Balaban J connectivity index is 1.16. The Labute approximate surface area is 197 Å². The maximum absolute atomic E-state index is 12.9. The van der Waals surface area contributed by atoms with Crippen molar-refractivity contribution in [3.05, 3.63) is 69.8 Å². The summed E-state index contributed by atoms with van der Waals surface area (Å²) in [5.41, 5.74) is 3.08. The van der Waals surface area contributed by atoms with E-state index in [-0.39, 0.29) is 5.91 Å². The topological polar surface area (TPSA) is 49.6 Å². The highest BCUT2D eigenvalue weighted by Crippen LogP contribution is 2.34. The van der Waals surface area contributed by atoms with E-state index in [4.69, 9.17) is 11.6 Å². The second-order valence-corrected chi connectivity index (χ2v) is 9.89. The summed E-state index contributed by atoms with van der Waals surface area (Å²) in [7, 11) is 0. The van der Waals surface area contributed by atoms with Crippen molar-refractivity contribution >= 4 is 41.0 Å². The Morgan fingerprint density at radius 1 is 1.19 bits per heavy atom. The summed E-state index contributed by atoms with van der Waals surface area (Å²) in [5, 5.41) is 5.03. The van der Waals surface area contributed by atoms with Gasteiger partial charge in [0.15, 0.2) is 0 Å². The molecule has 7 heteroatoms. The number of pyridine rings is 1. The molecule has 1 saturated heterocycles. The second-order valence-electron chi connectivity index (χ2n) is 8.42. The van der Waals surface area contributed by atoms with Crippen LogP contribution in [0.1, 0.15) is 36.9 Å². The largest absolute Gasteiger partial charge is 0.352 e. The van der Waals surface area contributed by atoms with E-state index in [0.29, 0.717) is 12.6 Å². The Morgan fingerprint density at radius 2 is 2.09 bits per heavy atom. The highest BCUT2D eigenvalue weighted by molar-refractivity contribution is 8.04. The van der Waals surface area contributed by atoms with Crippen LogP contribution in [0.15, 0.2) is 58.6 Å². The maximum atomic E-state index is 12.9. The maximum Gasteiger partial charge on any atom is 0.258 e. The van der Waals surface area contributed by atoms with E-state index in [9.17, 15) is 4.79 Å². The minimum Gasteiger partial charge on any atom is -0.352 e. The fourth-order valence-electron chi connectivity index (χ4n) is 4.68. The smallest absolute Gasteiger partial charge is 0.258 e. The van der Waals surface area contributed by atoms with Gasteiger partial charge < -0.3 is 5.32 Å². The Kier molecular flexibility index (Phi) is 6.53. The lowest BCUT2D eigenvalue weighted by Crippen LogP contribution is -2.42. The van der Waals surface area contributed by atoms with Gasteiger partial charge in [-0.2, -0.15) is 0 Å². The quantitative estimate of drug-likeness (QED) is 0.530. The molecule has 2 aliphatic rings. The number of amides is 1. The van der Waals surface area contributed by atoms with Crippen LogP contribution in [0.5, 0.6) is 0 Å². The van der Waals surface area contributed by atoms with Crippen LogP contribution >= 0.6 is 23.4 Å². The number of carbonyl (C=O) groups excluding carboxylic acids is 1. The van der Waals surface area contributed by atoms with Crippen molar-refractivity contribution in [2.45, 2.75) is 43.2 Å². The van der Waals surface area contributed by atoms with Crippen molar-refractivity contribution in [2.24, 2.45) is 0 Å². The van der Waals surface area contributed by atoms with E-state index in [1.165, 1.54) is 36.6 Å². The van der Waals surface area contributed by atoms with Gasteiger partial charge in [0.25, 0.3) is 5.91 Å². The third kappa shape index (κ3) is 4.58. The van der Waals surface area contributed by atoms with Crippen LogP contribution in [0.2, 0.25) is 5.02 Å². The number of imidazole rings is 1. The van der Waals surface area contributed by atoms with Crippen molar-refractivity contribution in [2.75, 3.05) is 19.6 Å². The molecule has 5 nitrogen and oxygen atoms in total. The number of halogens is 1. The molecule has 166 valence electrons. The number of nitrogens with one attached hydrogen (secondary N) is 1. The van der Waals surface area contributed by atoms with Crippen LogP contribution < -0.4 is 5.32 Å². The predicted octanol–water partition coefficient (Wildman–Crippen LogP) is 5.04. The molecule has 1 atom stereocenters. The number of aromatic nitrogens is 2. The first kappa shape index (κ1) is 21.6. The minimum atomic E-state index is -0.00196. The average molecular weight is 467 g/mol. The molecule has 5 rings (SSSR count). The summed E-state index contributed by atoms with van der Waals surface area (Å²) in [6.07, 6.45) is 9.39. The second kappa shape index (κ2) is 9.69. The van der Waals surface area contributed by atoms with Crippen molar-refractivity contribution in [3.63, 3.8) is 0 Å². The molecule has 0 spiro atoms. The molecule has 4 heterocycles. The van der Waals surface area contributed by atoms with Gasteiger partial charge >= 0.3 is 0 Å². The summed E-state index contributed by atoms with van der Waals surface area (Å²) in [5.74, 6) is -0.00196. The third-order valence-corrected chi connectivity index (χ3v) is 7.80. The standard InChI is InChI=1S/C25H27ClN4OS/c26-21-8-2-1-6-18(21)12-15-29-14-4-3-7-19(29)11-13-27-25(31)22-16-20-17-28-23-9-5-10-24(32-22)30(20)23/h1-2,5-6,8-10,16-17,19H,3-4,7,11-15H2,(H,27,31). The number of carbonyl (C=O) groups is 1. The van der Waals surface area contributed by atoms with Gasteiger partial charge in [-0.15, -0.1) is 0 Å². The van der Waals surface area contributed by atoms with E-state index >= 15 is 0 Å². The van der Waals surface area contributed by atoms with Gasteiger partial charge in [-0.1, -0.05) is 54.0 Å². The minimum absolute atomic E-state index is 0.00196. The number of thioether (sulfide) groups is 1. The number of hydrogen-bond acceptors (Lipinski definition) is 4. The van der Waals surface area contributed by atoms with Crippen LogP contribution in [0.25, 0.3) is 11.7 Å². The fourth-order valence-corrected chi connectivity index (χ4v) is 5.92. The monoisotopic (exact) mass is 466 g/mol. The molecule has 32 heavy (non-hydrogen) atoms. The summed E-state index contributed by atoms with van der Waals surface area (Å²) in [6, 6.07) is 14.6. The number of rotatable bonds is 7. The first-order chi connectivity index (χ1) is 15.7. The summed E-state index contributed by atoms with van der Waals surface area (Å²) < 4.78 is 2.08. The van der Waals surface area contributed by atoms with Crippen molar-refractivity contribution in [1.82, 2.24) is 19.6 Å². The molecular formula is C25H27ClN4OS. The number of likely N-dealkylation sites (tertiary alicyclic amines) is 1. The number of nitrogens with zero attached hydrogens (tertiary/aromatic N) is 3. The predicted molar refractivity (Wildman–Crippen MR) is 131 cm³/mol. The van der Waals surface area contributed by atoms with Crippen LogP contribution in [0.3, 0.4) is 0 Å². The lowest BCUT2D eigenvalue weighted by atomic mass is 9.98. The lowest BCUT2D eigenvalue weighted by molar-refractivity contribution is -0.116. The summed E-state index contributed by atoms with van der Waals surface area (Å²) in [6.45, 7) is 2.82. The van der Waals surface area contributed by atoms with Crippen LogP contribution in [-0.4, -0.2) is 45.9 Å². The molecule has 3 aromatic rings. The highest BCUT2D eigenvalue weighted by Gasteiger charge is 2.23. The molecule has 1 aromatic carbocycles. The summed E-state index contributed by atoms with van der Waals surface area (Å²) in [4.78, 5) is 20.6. The van der Waals surface area contributed by atoms with E-state index in [2.05, 4.69) is 31.7 Å². The third-order valence-electron chi connectivity index (χ3n) is 6.38. The number of hydrogen-bond donors (Lipinski definition) is 1. The Morgan fingerprint density at radius 3 is 3.00 bits per heavy atom. The zero-order valence-corrected chi connectivity index (χ0v) is 19.5. The molecule has 2 aromatic heterocycles. The molecule has 0 radical (unpaired) electrons. The van der Waals surface area contributed by atoms with Crippen LogP contribution in [0, 0.1) is 0 Å². The van der Waals surface area contributed by atoms with Gasteiger partial charge in [-0.05, 0) is 62.1 Å². The van der Waals surface area contributed by atoms with Gasteiger partial charge in [0.05, 0.1) is 21.8 Å². The Bertz CT molecular complexity index is 1160. The van der Waals surface area contributed by atoms with Crippen molar-refractivity contribution in [1.29, 1.82) is 0 Å². The lowest BCUT2D eigenvalue weighted by Gasteiger charge is -2.36.